The van der Waals surface area contributed by atoms with Gasteiger partial charge in [0.15, 0.2) is 24.8 Å². The molecule has 0 spiro atoms. The van der Waals surface area contributed by atoms with E-state index < -0.39 is 167 Å². The van der Waals surface area contributed by atoms with Crippen molar-refractivity contribution in [3.05, 3.63) is 11.6 Å². The molecule has 392 valence electrons. The van der Waals surface area contributed by atoms with Gasteiger partial charge in [-0.25, -0.2) is 4.79 Å². The van der Waals surface area contributed by atoms with Crippen LogP contribution in [0.4, 0.5) is 0 Å². The van der Waals surface area contributed by atoms with Gasteiger partial charge in [0, 0.05) is 0 Å². The number of carboxylic acid groups (broad SMARTS) is 2. The monoisotopic (exact) mass is 986 g/mol. The molecule has 5 aliphatic carbocycles. The average molecular weight is 987 g/mol. The summed E-state index contributed by atoms with van der Waals surface area (Å²) in [6.07, 6.45) is -25.1. The number of allylic oxidation sites excluding steroid dienone is 2. The molecule has 8 aliphatic rings. The Bertz CT molecular complexity index is 2020. The second-order valence-electron chi connectivity index (χ2n) is 23.5. The average Bonchev–Trinajstić information content (AvgIpc) is 3.26. The standard InChI is InChI=1S/C48H74O21/c1-18-26(51)28(53)32(57)38(64-18)67-35-30(55)27(52)19(2)65-40(35)69-42(63)48-14-13-43(3,4)15-21(48)20-9-10-23-44(5)16-22(49)36(68-39-33(58)29(54)31(56)34(66-39)37(59)60)47(8,41(61)62)24(44)11-12-45(23,6)46(20,7)17-25(48)50/h9,18-19,21-36,38-40,49-58H,10-17H2,1-8H3,(H,59,60)(H,61,62)/t18-,19+,21?,22+,23?,24?,25-,26-,27+,28+,29+,30-,31+,32+,33-,34+,35+,36+,38-,39+,40-,44-,45-,46-,47+,48-/m1/s1. The molecule has 3 unspecified atom stereocenters. The number of aliphatic carboxylic acids is 2. The van der Waals surface area contributed by atoms with E-state index in [1.807, 2.05) is 6.92 Å². The highest BCUT2D eigenvalue weighted by Gasteiger charge is 2.74. The number of aliphatic hydroxyl groups excluding tert-OH is 10. The first-order chi connectivity index (χ1) is 31.9. The lowest BCUT2D eigenvalue weighted by molar-refractivity contribution is -0.358. The van der Waals surface area contributed by atoms with Crippen molar-refractivity contribution in [1.29, 1.82) is 0 Å². The lowest BCUT2D eigenvalue weighted by Gasteiger charge is -2.71. The van der Waals surface area contributed by atoms with E-state index >= 15 is 4.79 Å². The van der Waals surface area contributed by atoms with Crippen LogP contribution in [0.3, 0.4) is 0 Å². The third-order valence-corrected chi connectivity index (χ3v) is 19.3. The number of carbonyl (C=O) groups is 3. The SMILES string of the molecule is C[C@@H]1O[C@H](OC(=O)[C@]23CCC(C)(C)CC2C2=CCC4[C@@]5(C)C[C@H](O)[C@H](O[C@@H]6O[C@H](C(=O)O)[C@@H](O)[C@H](O)[C@H]6O)[C@@](C)(C(=O)O)C5CC[C@@]4(C)[C@]2(C)C[C@H]3O)[C@@H](O[C@H]2O[C@H](C)[C@@H](O)[C@H](O)[C@@H]2O)[C@H](O)[C@H]1O. The molecule has 3 saturated heterocycles. The molecule has 7 fully saturated rings. The van der Waals surface area contributed by atoms with Crippen molar-refractivity contribution in [2.24, 2.45) is 50.2 Å². The van der Waals surface area contributed by atoms with Crippen LogP contribution in [0.25, 0.3) is 0 Å². The number of rotatable bonds is 8. The first-order valence-electron chi connectivity index (χ1n) is 24.4. The number of esters is 1. The molecule has 26 atom stereocenters. The Balaban J connectivity index is 1.11. The van der Waals surface area contributed by atoms with Crippen molar-refractivity contribution in [3.8, 4) is 0 Å². The summed E-state index contributed by atoms with van der Waals surface area (Å²) in [5, 5.41) is 131. The van der Waals surface area contributed by atoms with Crippen molar-refractivity contribution in [3.63, 3.8) is 0 Å². The van der Waals surface area contributed by atoms with Gasteiger partial charge >= 0.3 is 17.9 Å². The summed E-state index contributed by atoms with van der Waals surface area (Å²) in [5.41, 5.74) is -5.14. The van der Waals surface area contributed by atoms with Gasteiger partial charge < -0.3 is 89.7 Å². The van der Waals surface area contributed by atoms with Crippen LogP contribution in [0, 0.1) is 50.2 Å². The molecular weight excluding hydrogens is 913 g/mol. The summed E-state index contributed by atoms with van der Waals surface area (Å²) >= 11 is 0. The van der Waals surface area contributed by atoms with Crippen LogP contribution in [-0.2, 0) is 42.8 Å². The highest BCUT2D eigenvalue weighted by atomic mass is 16.8. The highest BCUT2D eigenvalue weighted by molar-refractivity contribution is 5.80. The maximum Gasteiger partial charge on any atom is 0.335 e. The van der Waals surface area contributed by atoms with Crippen LogP contribution in [0.1, 0.15) is 107 Å². The molecule has 8 rings (SSSR count). The first kappa shape index (κ1) is 52.9. The second-order valence-corrected chi connectivity index (χ2v) is 23.5. The Morgan fingerprint density at radius 3 is 1.83 bits per heavy atom. The summed E-state index contributed by atoms with van der Waals surface area (Å²) in [4.78, 5) is 40.8. The molecule has 3 aliphatic heterocycles. The predicted molar refractivity (Wildman–Crippen MR) is 233 cm³/mol. The Morgan fingerprint density at radius 1 is 0.638 bits per heavy atom. The van der Waals surface area contributed by atoms with Crippen molar-refractivity contribution in [1.82, 2.24) is 0 Å². The second kappa shape index (κ2) is 17.9. The van der Waals surface area contributed by atoms with Crippen LogP contribution in [-0.4, -0.2) is 190 Å². The van der Waals surface area contributed by atoms with E-state index in [1.165, 1.54) is 20.8 Å². The number of fused-ring (bicyclic) bond motifs is 7. The molecule has 69 heavy (non-hydrogen) atoms. The zero-order chi connectivity index (χ0) is 51.0. The fraction of sp³-hybridized carbons (Fsp3) is 0.896. The molecule has 0 amide bonds. The third-order valence-electron chi connectivity index (χ3n) is 19.3. The number of aliphatic hydroxyl groups is 10. The number of carboxylic acids is 2. The Hall–Kier alpha value is -2.45. The molecule has 21 heteroatoms. The summed E-state index contributed by atoms with van der Waals surface area (Å²) < 4.78 is 35.2. The summed E-state index contributed by atoms with van der Waals surface area (Å²) in [5.74, 6) is -5.36. The van der Waals surface area contributed by atoms with E-state index in [2.05, 4.69) is 33.8 Å². The van der Waals surface area contributed by atoms with E-state index in [-0.39, 0.29) is 30.6 Å². The molecular formula is C48H74O21. The Morgan fingerprint density at radius 2 is 1.22 bits per heavy atom. The molecule has 4 saturated carbocycles. The summed E-state index contributed by atoms with van der Waals surface area (Å²) in [6.45, 7) is 14.7. The summed E-state index contributed by atoms with van der Waals surface area (Å²) in [7, 11) is 0. The van der Waals surface area contributed by atoms with Crippen LogP contribution in [0.15, 0.2) is 11.6 Å². The number of carbonyl (C=O) groups excluding carboxylic acids is 1. The quantitative estimate of drug-likeness (QED) is 0.0812. The fourth-order valence-electron chi connectivity index (χ4n) is 15.1. The molecule has 0 aromatic carbocycles. The Kier molecular flexibility index (Phi) is 13.7. The van der Waals surface area contributed by atoms with E-state index in [4.69, 9.17) is 28.4 Å². The van der Waals surface area contributed by atoms with Crippen molar-refractivity contribution in [2.45, 2.75) is 217 Å². The molecule has 21 nitrogen and oxygen atoms in total. The van der Waals surface area contributed by atoms with E-state index in [1.54, 1.807) is 0 Å². The minimum atomic E-state index is -2.02. The van der Waals surface area contributed by atoms with Crippen LogP contribution in [0.5, 0.6) is 0 Å². The molecule has 0 radical (unpaired) electrons. The van der Waals surface area contributed by atoms with Crippen LogP contribution in [0.2, 0.25) is 0 Å². The third kappa shape index (κ3) is 7.86. The van der Waals surface area contributed by atoms with Gasteiger partial charge in [-0.15, -0.1) is 0 Å². The molecule has 0 aromatic rings. The van der Waals surface area contributed by atoms with Crippen molar-refractivity contribution < 1.29 is 104 Å². The van der Waals surface area contributed by atoms with Gasteiger partial charge in [-0.2, -0.15) is 0 Å². The zero-order valence-electron chi connectivity index (χ0n) is 40.4. The number of hydrogen-bond acceptors (Lipinski definition) is 19. The molecule has 0 bridgehead atoms. The lowest BCUT2D eigenvalue weighted by atomic mass is 9.33. The minimum absolute atomic E-state index is 0.0152. The maximum absolute atomic E-state index is 15.2. The van der Waals surface area contributed by atoms with E-state index in [0.29, 0.717) is 32.1 Å². The van der Waals surface area contributed by atoms with Crippen molar-refractivity contribution >= 4 is 17.9 Å². The fourth-order valence-corrected chi connectivity index (χ4v) is 15.1. The van der Waals surface area contributed by atoms with E-state index in [0.717, 1.165) is 5.57 Å². The summed E-state index contributed by atoms with van der Waals surface area (Å²) in [6, 6.07) is 0. The predicted octanol–water partition coefficient (Wildman–Crippen LogP) is -0.706. The van der Waals surface area contributed by atoms with Gasteiger partial charge in [0.2, 0.25) is 6.29 Å². The van der Waals surface area contributed by atoms with Gasteiger partial charge in [-0.3, -0.25) is 9.59 Å². The number of ether oxygens (including phenoxy) is 6. The normalized spacial score (nSPS) is 54.9. The molecule has 3 heterocycles. The topological polar surface area (TPSA) is 349 Å². The van der Waals surface area contributed by atoms with Gasteiger partial charge in [0.1, 0.15) is 60.4 Å². The van der Waals surface area contributed by atoms with Crippen LogP contribution >= 0.6 is 0 Å². The zero-order valence-corrected chi connectivity index (χ0v) is 40.4. The van der Waals surface area contributed by atoms with Gasteiger partial charge in [0.25, 0.3) is 0 Å². The molecule has 12 N–H and O–H groups in total. The smallest absolute Gasteiger partial charge is 0.335 e. The number of hydrogen-bond donors (Lipinski definition) is 12. The largest absolute Gasteiger partial charge is 0.481 e. The Labute approximate surface area is 400 Å². The molecule has 0 aromatic heterocycles. The first-order valence-corrected chi connectivity index (χ1v) is 24.4. The highest BCUT2D eigenvalue weighted by Crippen LogP contribution is 2.76. The van der Waals surface area contributed by atoms with Crippen LogP contribution < -0.4 is 0 Å². The minimum Gasteiger partial charge on any atom is -0.481 e. The lowest BCUT2D eigenvalue weighted by Crippen LogP contribution is -2.71. The maximum atomic E-state index is 15.2. The van der Waals surface area contributed by atoms with Gasteiger partial charge in [-0.05, 0) is 112 Å². The van der Waals surface area contributed by atoms with Crippen molar-refractivity contribution in [2.75, 3.05) is 0 Å². The van der Waals surface area contributed by atoms with E-state index in [9.17, 15) is 70.9 Å². The van der Waals surface area contributed by atoms with Gasteiger partial charge in [0.05, 0.1) is 29.8 Å². The van der Waals surface area contributed by atoms with Gasteiger partial charge in [-0.1, -0.05) is 46.3 Å².